The van der Waals surface area contributed by atoms with Gasteiger partial charge in [0.1, 0.15) is 5.75 Å². The van der Waals surface area contributed by atoms with Crippen molar-refractivity contribution in [2.45, 2.75) is 6.18 Å². The predicted molar refractivity (Wildman–Crippen MR) is 51.0 cm³/mol. The first-order chi connectivity index (χ1) is 7.87. The number of amides is 1. The molecule has 0 aromatic heterocycles. The topological polar surface area (TPSA) is 55.4 Å². The Labute approximate surface area is 93.4 Å². The summed E-state index contributed by atoms with van der Waals surface area (Å²) in [6.45, 7) is -1.44. The number of carbonyl (C=O) groups is 2. The van der Waals surface area contributed by atoms with Crippen molar-refractivity contribution in [3.8, 4) is 5.75 Å². The Morgan fingerprint density at radius 1 is 1.24 bits per heavy atom. The molecule has 0 unspecified atom stereocenters. The van der Waals surface area contributed by atoms with Crippen LogP contribution in [0.25, 0.3) is 0 Å². The summed E-state index contributed by atoms with van der Waals surface area (Å²) >= 11 is 0. The molecule has 1 aliphatic rings. The Hall–Kier alpha value is -2.05. The zero-order valence-electron chi connectivity index (χ0n) is 8.30. The quantitative estimate of drug-likeness (QED) is 0.808. The van der Waals surface area contributed by atoms with E-state index in [9.17, 15) is 22.8 Å². The summed E-state index contributed by atoms with van der Waals surface area (Å²) < 4.78 is 40.2. The minimum absolute atomic E-state index is 0.0228. The van der Waals surface area contributed by atoms with Crippen molar-refractivity contribution in [1.82, 2.24) is 0 Å². The van der Waals surface area contributed by atoms with Crippen LogP contribution in [-0.4, -0.2) is 24.5 Å². The minimum Gasteiger partial charge on any atom is -0.484 e. The second-order valence-corrected chi connectivity index (χ2v) is 3.39. The zero-order chi connectivity index (χ0) is 12.6. The number of fused-ring (bicyclic) bond motifs is 1. The summed E-state index contributed by atoms with van der Waals surface area (Å²) in [5.74, 6) is -1.68. The van der Waals surface area contributed by atoms with Crippen molar-refractivity contribution >= 4 is 17.4 Å². The van der Waals surface area contributed by atoms with Gasteiger partial charge in [0.05, 0.1) is 11.3 Å². The minimum atomic E-state index is -4.45. The van der Waals surface area contributed by atoms with Gasteiger partial charge in [-0.05, 0) is 18.2 Å². The normalized spacial score (nSPS) is 14.5. The molecule has 0 radical (unpaired) electrons. The maximum atomic E-state index is 11.9. The van der Waals surface area contributed by atoms with Crippen LogP contribution in [0.5, 0.6) is 5.75 Å². The van der Waals surface area contributed by atoms with E-state index in [1.807, 2.05) is 0 Å². The highest BCUT2D eigenvalue weighted by atomic mass is 19.4. The lowest BCUT2D eigenvalue weighted by Crippen LogP contribution is -2.19. The molecular formula is C10H6F3NO3. The average molecular weight is 245 g/mol. The van der Waals surface area contributed by atoms with E-state index in [0.717, 1.165) is 6.07 Å². The Balaban J connectivity index is 2.18. The van der Waals surface area contributed by atoms with Crippen LogP contribution in [-0.2, 0) is 4.79 Å². The van der Waals surface area contributed by atoms with Crippen LogP contribution in [0.1, 0.15) is 10.4 Å². The number of Topliss-reactive ketones (excluding diaryl/α,β-unsaturated/α-hetero) is 1. The summed E-state index contributed by atoms with van der Waals surface area (Å²) in [7, 11) is 0. The third-order valence-electron chi connectivity index (χ3n) is 2.09. The van der Waals surface area contributed by atoms with Gasteiger partial charge in [-0.2, -0.15) is 13.2 Å². The Bertz CT molecular complexity index is 496. The fourth-order valence-corrected chi connectivity index (χ4v) is 1.38. The number of hydrogen-bond donors (Lipinski definition) is 1. The second-order valence-electron chi connectivity index (χ2n) is 3.39. The fourth-order valence-electron chi connectivity index (χ4n) is 1.38. The maximum Gasteiger partial charge on any atom is 0.422 e. The number of hydrogen-bond acceptors (Lipinski definition) is 3. The molecule has 1 aromatic carbocycles. The smallest absolute Gasteiger partial charge is 0.422 e. The first kappa shape index (κ1) is 11.4. The summed E-state index contributed by atoms with van der Waals surface area (Å²) in [4.78, 5) is 22.2. The third-order valence-corrected chi connectivity index (χ3v) is 2.09. The van der Waals surface area contributed by atoms with Crippen LogP contribution in [0.3, 0.4) is 0 Å². The lowest BCUT2D eigenvalue weighted by Gasteiger charge is -2.09. The molecule has 4 nitrogen and oxygen atoms in total. The molecule has 0 aliphatic carbocycles. The van der Waals surface area contributed by atoms with Crippen molar-refractivity contribution in [1.29, 1.82) is 0 Å². The number of halogens is 3. The first-order valence-corrected chi connectivity index (χ1v) is 4.56. The lowest BCUT2D eigenvalue weighted by molar-refractivity contribution is -0.153. The van der Waals surface area contributed by atoms with Gasteiger partial charge in [0.2, 0.25) is 0 Å². The van der Waals surface area contributed by atoms with Crippen LogP contribution in [0.15, 0.2) is 18.2 Å². The number of ketones is 1. The molecule has 0 fully saturated rings. The Kier molecular flexibility index (Phi) is 2.53. The van der Waals surface area contributed by atoms with Crippen LogP contribution in [0.2, 0.25) is 0 Å². The molecule has 0 bridgehead atoms. The number of rotatable bonds is 2. The van der Waals surface area contributed by atoms with E-state index in [1.165, 1.54) is 12.1 Å². The van der Waals surface area contributed by atoms with E-state index < -0.39 is 24.5 Å². The van der Waals surface area contributed by atoms with E-state index >= 15 is 0 Å². The number of nitrogens with one attached hydrogen (secondary N) is 1. The van der Waals surface area contributed by atoms with Gasteiger partial charge in [0.25, 0.3) is 11.7 Å². The largest absolute Gasteiger partial charge is 0.484 e. The molecule has 17 heavy (non-hydrogen) atoms. The van der Waals surface area contributed by atoms with E-state index in [1.54, 1.807) is 0 Å². The van der Waals surface area contributed by atoms with Crippen molar-refractivity contribution in [2.75, 3.05) is 11.9 Å². The summed E-state index contributed by atoms with van der Waals surface area (Å²) in [5, 5.41) is 2.28. The Morgan fingerprint density at radius 3 is 2.59 bits per heavy atom. The molecule has 0 saturated heterocycles. The van der Waals surface area contributed by atoms with E-state index in [-0.39, 0.29) is 17.0 Å². The van der Waals surface area contributed by atoms with Crippen LogP contribution in [0.4, 0.5) is 18.9 Å². The molecule has 0 saturated carbocycles. The summed E-state index contributed by atoms with van der Waals surface area (Å²) in [5.41, 5.74) is 0.300. The summed E-state index contributed by atoms with van der Waals surface area (Å²) in [6.07, 6.45) is -4.45. The highest BCUT2D eigenvalue weighted by molar-refractivity contribution is 6.51. The molecule has 1 aromatic rings. The van der Waals surface area contributed by atoms with Crippen molar-refractivity contribution in [2.24, 2.45) is 0 Å². The van der Waals surface area contributed by atoms with E-state index in [2.05, 4.69) is 10.1 Å². The lowest BCUT2D eigenvalue weighted by atomic mass is 10.1. The first-order valence-electron chi connectivity index (χ1n) is 4.56. The summed E-state index contributed by atoms with van der Waals surface area (Å²) in [6, 6.07) is 3.69. The Morgan fingerprint density at radius 2 is 1.94 bits per heavy atom. The van der Waals surface area contributed by atoms with Gasteiger partial charge < -0.3 is 10.1 Å². The molecular weight excluding hydrogens is 239 g/mol. The maximum absolute atomic E-state index is 11.9. The monoisotopic (exact) mass is 245 g/mol. The van der Waals surface area contributed by atoms with Gasteiger partial charge in [-0.15, -0.1) is 0 Å². The highest BCUT2D eigenvalue weighted by Crippen LogP contribution is 2.28. The van der Waals surface area contributed by atoms with Crippen molar-refractivity contribution < 1.29 is 27.5 Å². The highest BCUT2D eigenvalue weighted by Gasteiger charge is 2.30. The zero-order valence-corrected chi connectivity index (χ0v) is 8.30. The van der Waals surface area contributed by atoms with Crippen LogP contribution < -0.4 is 10.1 Å². The van der Waals surface area contributed by atoms with Gasteiger partial charge in [-0.25, -0.2) is 0 Å². The number of carbonyl (C=O) groups excluding carboxylic acids is 2. The van der Waals surface area contributed by atoms with Crippen molar-refractivity contribution in [3.05, 3.63) is 23.8 Å². The van der Waals surface area contributed by atoms with Crippen LogP contribution >= 0.6 is 0 Å². The molecule has 0 atom stereocenters. The number of ether oxygens (including phenoxy) is 1. The molecule has 1 amide bonds. The van der Waals surface area contributed by atoms with E-state index in [4.69, 9.17) is 0 Å². The predicted octanol–water partition coefficient (Wildman–Crippen LogP) is 1.76. The van der Waals surface area contributed by atoms with Gasteiger partial charge in [0.15, 0.2) is 6.61 Å². The van der Waals surface area contributed by atoms with Crippen LogP contribution in [0, 0.1) is 0 Å². The molecule has 0 spiro atoms. The molecule has 1 heterocycles. The number of anilines is 1. The molecule has 90 valence electrons. The second kappa shape index (κ2) is 3.76. The van der Waals surface area contributed by atoms with Gasteiger partial charge >= 0.3 is 6.18 Å². The molecule has 7 heteroatoms. The van der Waals surface area contributed by atoms with Gasteiger partial charge in [0, 0.05) is 0 Å². The molecule has 1 aliphatic heterocycles. The number of benzene rings is 1. The molecule has 1 N–H and O–H groups in total. The van der Waals surface area contributed by atoms with Crippen molar-refractivity contribution in [3.63, 3.8) is 0 Å². The number of alkyl halides is 3. The SMILES string of the molecule is O=C1Nc2ccc(OCC(F)(F)F)cc2C1=O. The van der Waals surface area contributed by atoms with E-state index in [0.29, 0.717) is 0 Å². The molecule has 2 rings (SSSR count). The fraction of sp³-hybridized carbons (Fsp3) is 0.200. The standard InChI is InChI=1S/C10H6F3NO3/c11-10(12,13)4-17-5-1-2-7-6(3-5)8(15)9(16)14-7/h1-3H,4H2,(H,14,15,16). The third kappa shape index (κ3) is 2.38. The average Bonchev–Trinajstić information content (AvgIpc) is 2.51. The van der Waals surface area contributed by atoms with Gasteiger partial charge in [-0.3, -0.25) is 9.59 Å². The van der Waals surface area contributed by atoms with Gasteiger partial charge in [-0.1, -0.05) is 0 Å².